The molecule has 1 saturated heterocycles. The lowest BCUT2D eigenvalue weighted by Gasteiger charge is -2.39. The van der Waals surface area contributed by atoms with E-state index in [2.05, 4.69) is 110 Å². The van der Waals surface area contributed by atoms with E-state index in [4.69, 9.17) is 4.42 Å². The van der Waals surface area contributed by atoms with Crippen LogP contribution in [0.1, 0.15) is 73.4 Å². The van der Waals surface area contributed by atoms with Gasteiger partial charge in [0.05, 0.1) is 6.17 Å². The minimum absolute atomic E-state index is 0.0954. The molecule has 182 valence electrons. The third-order valence-electron chi connectivity index (χ3n) is 8.68. The van der Waals surface area contributed by atoms with Crippen LogP contribution in [0.4, 0.5) is 0 Å². The fourth-order valence-electron chi connectivity index (χ4n) is 6.98. The molecule has 0 saturated carbocycles. The number of nitrogens with one attached hydrogen (secondary N) is 1. The Morgan fingerprint density at radius 1 is 0.972 bits per heavy atom. The molecule has 3 heteroatoms. The molecule has 3 nitrogen and oxygen atoms in total. The summed E-state index contributed by atoms with van der Waals surface area (Å²) in [4.78, 5) is 2.73. The Hall–Kier alpha value is -3.14. The van der Waals surface area contributed by atoms with Crippen molar-refractivity contribution in [3.8, 4) is 0 Å². The Labute approximate surface area is 214 Å². The Balaban J connectivity index is 1.37. The molecule has 7 rings (SSSR count). The van der Waals surface area contributed by atoms with Crippen molar-refractivity contribution in [3.05, 3.63) is 106 Å². The molecule has 5 unspecified atom stereocenters. The molecule has 2 aromatic rings. The van der Waals surface area contributed by atoms with Crippen LogP contribution in [0.3, 0.4) is 0 Å². The van der Waals surface area contributed by atoms with Crippen LogP contribution in [-0.4, -0.2) is 23.1 Å². The molecule has 1 N–H and O–H groups in total. The Morgan fingerprint density at radius 2 is 1.83 bits per heavy atom. The van der Waals surface area contributed by atoms with Crippen molar-refractivity contribution in [1.29, 1.82) is 0 Å². The summed E-state index contributed by atoms with van der Waals surface area (Å²) in [7, 11) is 0. The van der Waals surface area contributed by atoms with Gasteiger partial charge in [0.15, 0.2) is 0 Å². The second kappa shape index (κ2) is 8.47. The van der Waals surface area contributed by atoms with Crippen LogP contribution in [0, 0.1) is 5.92 Å². The van der Waals surface area contributed by atoms with Crippen molar-refractivity contribution < 1.29 is 4.42 Å². The van der Waals surface area contributed by atoms with E-state index in [1.807, 2.05) is 0 Å². The van der Waals surface area contributed by atoms with Gasteiger partial charge in [-0.2, -0.15) is 0 Å². The molecule has 2 heterocycles. The smallest absolute Gasteiger partial charge is 0.137 e. The number of nitrogens with zero attached hydrogens (tertiary/aromatic N) is 1. The first kappa shape index (κ1) is 22.1. The van der Waals surface area contributed by atoms with Crippen LogP contribution in [0.2, 0.25) is 0 Å². The predicted molar refractivity (Wildman–Crippen MR) is 149 cm³/mol. The lowest BCUT2D eigenvalue weighted by atomic mass is 9.85. The lowest BCUT2D eigenvalue weighted by molar-refractivity contribution is 0.170. The van der Waals surface area contributed by atoms with Crippen LogP contribution >= 0.6 is 0 Å². The minimum Gasteiger partial charge on any atom is -0.456 e. The van der Waals surface area contributed by atoms with Crippen molar-refractivity contribution >= 4 is 23.3 Å². The van der Waals surface area contributed by atoms with Crippen molar-refractivity contribution in [2.75, 3.05) is 0 Å². The van der Waals surface area contributed by atoms with Gasteiger partial charge in [-0.15, -0.1) is 0 Å². The van der Waals surface area contributed by atoms with Crippen LogP contribution in [-0.2, 0) is 6.42 Å². The van der Waals surface area contributed by atoms with E-state index < -0.39 is 0 Å². The maximum absolute atomic E-state index is 6.83. The summed E-state index contributed by atoms with van der Waals surface area (Å²) in [6, 6.07) is 9.82. The number of benzene rings is 1. The van der Waals surface area contributed by atoms with E-state index in [1.54, 1.807) is 0 Å². The summed E-state index contributed by atoms with van der Waals surface area (Å²) in [6.45, 7) is 6.76. The van der Waals surface area contributed by atoms with E-state index in [0.29, 0.717) is 24.0 Å². The van der Waals surface area contributed by atoms with Crippen LogP contribution in [0.25, 0.3) is 23.3 Å². The summed E-state index contributed by atoms with van der Waals surface area (Å²) >= 11 is 0. The Morgan fingerprint density at radius 3 is 2.75 bits per heavy atom. The van der Waals surface area contributed by atoms with E-state index in [-0.39, 0.29) is 6.17 Å². The van der Waals surface area contributed by atoms with E-state index in [0.717, 1.165) is 30.8 Å². The molecule has 0 radical (unpaired) electrons. The average Bonchev–Trinajstić information content (AvgIpc) is 3.41. The molecule has 0 amide bonds. The molecule has 36 heavy (non-hydrogen) atoms. The second-order valence-corrected chi connectivity index (χ2v) is 11.0. The van der Waals surface area contributed by atoms with Gasteiger partial charge >= 0.3 is 0 Å². The molecule has 4 aliphatic carbocycles. The summed E-state index contributed by atoms with van der Waals surface area (Å²) in [5, 5.41) is 4.04. The van der Waals surface area contributed by atoms with Gasteiger partial charge in [0, 0.05) is 34.8 Å². The number of hydrogen-bond acceptors (Lipinski definition) is 3. The van der Waals surface area contributed by atoms with Gasteiger partial charge in [0.25, 0.3) is 0 Å². The summed E-state index contributed by atoms with van der Waals surface area (Å²) < 4.78 is 6.83. The molecule has 5 atom stereocenters. The van der Waals surface area contributed by atoms with E-state index in [9.17, 15) is 0 Å². The number of rotatable bonds is 2. The number of furan rings is 1. The van der Waals surface area contributed by atoms with Crippen molar-refractivity contribution in [2.24, 2.45) is 5.92 Å². The largest absolute Gasteiger partial charge is 0.456 e. The zero-order chi connectivity index (χ0) is 24.4. The SMILES string of the molecule is CC1=CC(C)C=Cc2c1oc1c2CCC(C)=C1C1NC2C=CC=CC2N1C1CC=Cc2ccccc21. The number of allylic oxidation sites excluding steroid dienone is 6. The summed E-state index contributed by atoms with van der Waals surface area (Å²) in [6.07, 6.45) is 23.9. The quantitative estimate of drug-likeness (QED) is 0.494. The highest BCUT2D eigenvalue weighted by atomic mass is 16.3. The van der Waals surface area contributed by atoms with Gasteiger partial charge in [-0.3, -0.25) is 10.2 Å². The zero-order valence-corrected chi connectivity index (χ0v) is 21.4. The summed E-state index contributed by atoms with van der Waals surface area (Å²) in [5.74, 6) is 2.58. The maximum Gasteiger partial charge on any atom is 0.137 e. The molecule has 5 aliphatic rings. The molecule has 1 aromatic carbocycles. The van der Waals surface area contributed by atoms with Crippen molar-refractivity contribution in [1.82, 2.24) is 10.2 Å². The highest BCUT2D eigenvalue weighted by molar-refractivity contribution is 5.82. The van der Waals surface area contributed by atoms with E-state index >= 15 is 0 Å². The van der Waals surface area contributed by atoms with Gasteiger partial charge in [-0.25, -0.2) is 0 Å². The molecular weight excluding hydrogens is 440 g/mol. The monoisotopic (exact) mass is 474 g/mol. The third-order valence-corrected chi connectivity index (χ3v) is 8.68. The van der Waals surface area contributed by atoms with E-state index in [1.165, 1.54) is 39.0 Å². The predicted octanol–water partition coefficient (Wildman–Crippen LogP) is 7.32. The highest BCUT2D eigenvalue weighted by Gasteiger charge is 2.47. The zero-order valence-electron chi connectivity index (χ0n) is 21.4. The van der Waals surface area contributed by atoms with Crippen molar-refractivity contribution in [3.63, 3.8) is 0 Å². The molecule has 1 aromatic heterocycles. The first-order chi connectivity index (χ1) is 17.6. The topological polar surface area (TPSA) is 28.4 Å². The highest BCUT2D eigenvalue weighted by Crippen LogP contribution is 2.47. The fourth-order valence-corrected chi connectivity index (χ4v) is 6.98. The van der Waals surface area contributed by atoms with Crippen LogP contribution < -0.4 is 5.32 Å². The minimum atomic E-state index is 0.0954. The first-order valence-electron chi connectivity index (χ1n) is 13.5. The summed E-state index contributed by atoms with van der Waals surface area (Å²) in [5.41, 5.74) is 9.48. The lowest BCUT2D eigenvalue weighted by Crippen LogP contribution is -2.43. The van der Waals surface area contributed by atoms with Gasteiger partial charge in [0.1, 0.15) is 11.5 Å². The fraction of sp³-hybridized carbons (Fsp3) is 0.333. The second-order valence-electron chi connectivity index (χ2n) is 11.0. The van der Waals surface area contributed by atoms with Gasteiger partial charge in [-0.1, -0.05) is 91.4 Å². The van der Waals surface area contributed by atoms with Crippen molar-refractivity contribution in [2.45, 2.75) is 64.3 Å². The average molecular weight is 475 g/mol. The molecular formula is C33H34N2O. The maximum atomic E-state index is 6.83. The first-order valence-corrected chi connectivity index (χ1v) is 13.5. The van der Waals surface area contributed by atoms with Gasteiger partial charge in [0.2, 0.25) is 0 Å². The Kier molecular flexibility index (Phi) is 5.20. The molecule has 0 spiro atoms. The molecule has 1 fully saturated rings. The molecule has 0 bridgehead atoms. The molecule has 1 aliphatic heterocycles. The Bertz CT molecular complexity index is 1410. The van der Waals surface area contributed by atoms with Gasteiger partial charge in [-0.05, 0) is 55.7 Å². The van der Waals surface area contributed by atoms with Crippen LogP contribution in [0.15, 0.2) is 76.8 Å². The van der Waals surface area contributed by atoms with Gasteiger partial charge < -0.3 is 4.42 Å². The van der Waals surface area contributed by atoms with Crippen LogP contribution in [0.5, 0.6) is 0 Å². The number of hydrogen-bond donors (Lipinski definition) is 1. The number of fused-ring (bicyclic) bond motifs is 5. The third kappa shape index (κ3) is 3.33. The standard InChI is InChI=1S/C33H34N2O/c1-20-15-17-25-26-18-16-21(2)30(32(26)36-31(25)22(3)19-20)33-34-27-12-6-7-13-29(27)35(33)28-14-8-10-23-9-4-5-11-24(23)28/h4-13,15,17,19-20,27-29,33-34H,14,16,18H2,1-3H3. The normalized spacial score (nSPS) is 30.5.